The number of amides is 1. The zero-order valence-electron chi connectivity index (χ0n) is 15.9. The number of hydrogen-bond acceptors (Lipinski definition) is 3. The van der Waals surface area contributed by atoms with Gasteiger partial charge in [0.15, 0.2) is 5.69 Å². The van der Waals surface area contributed by atoms with Crippen molar-refractivity contribution in [3.05, 3.63) is 46.7 Å². The first-order valence-electron chi connectivity index (χ1n) is 8.96. The molecule has 0 spiro atoms. The Morgan fingerprint density at radius 1 is 1.36 bits per heavy atom. The summed E-state index contributed by atoms with van der Waals surface area (Å²) in [5.74, 6) is -0.604. The molecule has 0 fully saturated rings. The van der Waals surface area contributed by atoms with Gasteiger partial charge in [-0.3, -0.25) is 4.79 Å². The SMILES string of the molecule is CCO[C@H](CCNC(=O)c1cnn(-c2cccc(Cl)c2)c1C(F)(F)F)C(C)C. The molecule has 1 amide bonds. The molecule has 0 saturated carbocycles. The standard InChI is InChI=1S/C19H23ClF3N3O2/c1-4-28-16(12(2)3)8-9-24-18(27)15-11-25-26(17(15)19(21,22)23)14-7-5-6-13(20)10-14/h5-7,10-12,16H,4,8-9H2,1-3H3,(H,24,27)/t16-/m1/s1. The van der Waals surface area contributed by atoms with Crippen molar-refractivity contribution in [2.24, 2.45) is 5.92 Å². The number of nitrogens with zero attached hydrogens (tertiary/aromatic N) is 2. The minimum atomic E-state index is -4.77. The van der Waals surface area contributed by atoms with Crippen molar-refractivity contribution in [2.75, 3.05) is 13.2 Å². The number of aromatic nitrogens is 2. The molecule has 1 aromatic heterocycles. The lowest BCUT2D eigenvalue weighted by Crippen LogP contribution is -2.31. The fraction of sp³-hybridized carbons (Fsp3) is 0.474. The molecule has 1 aromatic carbocycles. The Morgan fingerprint density at radius 3 is 2.64 bits per heavy atom. The molecule has 0 aliphatic rings. The smallest absolute Gasteiger partial charge is 0.378 e. The maximum atomic E-state index is 13.7. The van der Waals surface area contributed by atoms with Crippen LogP contribution < -0.4 is 5.32 Å². The minimum Gasteiger partial charge on any atom is -0.378 e. The zero-order valence-corrected chi connectivity index (χ0v) is 16.6. The molecule has 0 aliphatic carbocycles. The number of alkyl halides is 3. The van der Waals surface area contributed by atoms with Gasteiger partial charge in [-0.05, 0) is 37.5 Å². The largest absolute Gasteiger partial charge is 0.434 e. The first-order chi connectivity index (χ1) is 13.1. The van der Waals surface area contributed by atoms with Crippen molar-refractivity contribution in [3.63, 3.8) is 0 Å². The third-order valence-corrected chi connectivity index (χ3v) is 4.41. The summed E-state index contributed by atoms with van der Waals surface area (Å²) < 4.78 is 47.2. The highest BCUT2D eigenvalue weighted by atomic mass is 35.5. The van der Waals surface area contributed by atoms with Gasteiger partial charge >= 0.3 is 6.18 Å². The summed E-state index contributed by atoms with van der Waals surface area (Å²) in [7, 11) is 0. The molecule has 1 N–H and O–H groups in total. The quantitative estimate of drug-likeness (QED) is 0.675. The van der Waals surface area contributed by atoms with E-state index in [9.17, 15) is 18.0 Å². The molecule has 28 heavy (non-hydrogen) atoms. The second-order valence-corrected chi connectivity index (χ2v) is 7.02. The number of benzene rings is 1. The van der Waals surface area contributed by atoms with E-state index in [0.717, 1.165) is 6.20 Å². The third kappa shape index (κ3) is 5.48. The average Bonchev–Trinajstić information content (AvgIpc) is 3.06. The van der Waals surface area contributed by atoms with Gasteiger partial charge in [0.1, 0.15) is 0 Å². The first-order valence-corrected chi connectivity index (χ1v) is 9.33. The summed E-state index contributed by atoms with van der Waals surface area (Å²) in [5.41, 5.74) is -1.56. The van der Waals surface area contributed by atoms with Gasteiger partial charge in [-0.15, -0.1) is 0 Å². The van der Waals surface area contributed by atoms with Crippen molar-refractivity contribution < 1.29 is 22.7 Å². The van der Waals surface area contributed by atoms with Crippen LogP contribution in [0.3, 0.4) is 0 Å². The molecule has 5 nitrogen and oxygen atoms in total. The van der Waals surface area contributed by atoms with E-state index in [1.54, 1.807) is 6.07 Å². The van der Waals surface area contributed by atoms with Gasteiger partial charge in [0.2, 0.25) is 0 Å². The second kappa shape index (κ2) is 9.43. The van der Waals surface area contributed by atoms with Gasteiger partial charge in [-0.2, -0.15) is 18.3 Å². The van der Waals surface area contributed by atoms with Crippen LogP contribution in [0.5, 0.6) is 0 Å². The monoisotopic (exact) mass is 417 g/mol. The van der Waals surface area contributed by atoms with E-state index >= 15 is 0 Å². The molecule has 0 radical (unpaired) electrons. The first kappa shape index (κ1) is 22.2. The molecule has 0 aliphatic heterocycles. The second-order valence-electron chi connectivity index (χ2n) is 6.58. The van der Waals surface area contributed by atoms with Crippen molar-refractivity contribution in [2.45, 2.75) is 39.5 Å². The van der Waals surface area contributed by atoms with Crippen molar-refractivity contribution in [1.29, 1.82) is 0 Å². The lowest BCUT2D eigenvalue weighted by atomic mass is 10.0. The number of halogens is 4. The van der Waals surface area contributed by atoms with Crippen LogP contribution in [0.1, 0.15) is 43.2 Å². The molecule has 1 atom stereocenters. The molecular weight excluding hydrogens is 395 g/mol. The Balaban J connectivity index is 2.22. The summed E-state index contributed by atoms with van der Waals surface area (Å²) in [6.07, 6.45) is -3.43. The number of rotatable bonds is 8. The van der Waals surface area contributed by atoms with Crippen LogP contribution in [0.4, 0.5) is 13.2 Å². The summed E-state index contributed by atoms with van der Waals surface area (Å²) in [4.78, 5) is 12.4. The zero-order chi connectivity index (χ0) is 20.9. The van der Waals surface area contributed by atoms with Gasteiger partial charge in [0, 0.05) is 18.2 Å². The Morgan fingerprint density at radius 2 is 2.07 bits per heavy atom. The van der Waals surface area contributed by atoms with Crippen molar-refractivity contribution in [3.8, 4) is 5.69 Å². The lowest BCUT2D eigenvalue weighted by molar-refractivity contribution is -0.143. The highest BCUT2D eigenvalue weighted by Gasteiger charge is 2.40. The molecule has 0 saturated heterocycles. The Kier molecular flexibility index (Phi) is 7.48. The Labute approximate surface area is 166 Å². The van der Waals surface area contributed by atoms with Gasteiger partial charge in [0.25, 0.3) is 5.91 Å². The summed E-state index contributed by atoms with van der Waals surface area (Å²) in [6.45, 7) is 6.56. The number of carbonyl (C=O) groups is 1. The minimum absolute atomic E-state index is 0.0819. The van der Waals surface area contributed by atoms with E-state index in [1.807, 2.05) is 20.8 Å². The summed E-state index contributed by atoms with van der Waals surface area (Å²) >= 11 is 5.87. The molecule has 0 bridgehead atoms. The van der Waals surface area contributed by atoms with Crippen LogP contribution in [0.25, 0.3) is 5.69 Å². The van der Waals surface area contributed by atoms with Gasteiger partial charge in [-0.1, -0.05) is 31.5 Å². The molecular formula is C19H23ClF3N3O2. The number of hydrogen-bond donors (Lipinski definition) is 1. The summed E-state index contributed by atoms with van der Waals surface area (Å²) in [5, 5.41) is 6.57. The number of nitrogens with one attached hydrogen (secondary N) is 1. The van der Waals surface area contributed by atoms with Crippen LogP contribution >= 0.6 is 11.6 Å². The molecule has 154 valence electrons. The van der Waals surface area contributed by atoms with Crippen LogP contribution in [0, 0.1) is 5.92 Å². The average molecular weight is 418 g/mol. The predicted molar refractivity (Wildman–Crippen MR) is 101 cm³/mol. The van der Waals surface area contributed by atoms with E-state index in [0.29, 0.717) is 17.7 Å². The summed E-state index contributed by atoms with van der Waals surface area (Å²) in [6, 6.07) is 5.84. The van der Waals surface area contributed by atoms with E-state index in [-0.39, 0.29) is 29.3 Å². The lowest BCUT2D eigenvalue weighted by Gasteiger charge is -2.21. The molecule has 2 aromatic rings. The normalized spacial score (nSPS) is 13.0. The molecule has 9 heteroatoms. The number of carbonyl (C=O) groups excluding carboxylic acids is 1. The fourth-order valence-corrected chi connectivity index (χ4v) is 3.02. The van der Waals surface area contributed by atoms with E-state index < -0.39 is 23.3 Å². The van der Waals surface area contributed by atoms with Crippen LogP contribution in [0.15, 0.2) is 30.5 Å². The Bertz CT molecular complexity index is 806. The maximum Gasteiger partial charge on any atom is 0.434 e. The van der Waals surface area contributed by atoms with Gasteiger partial charge in [0.05, 0.1) is 23.6 Å². The van der Waals surface area contributed by atoms with Crippen molar-refractivity contribution >= 4 is 17.5 Å². The third-order valence-electron chi connectivity index (χ3n) is 4.17. The van der Waals surface area contributed by atoms with E-state index in [2.05, 4.69) is 10.4 Å². The van der Waals surface area contributed by atoms with Gasteiger partial charge < -0.3 is 10.1 Å². The predicted octanol–water partition coefficient (Wildman–Crippen LogP) is 4.73. The molecule has 2 rings (SSSR count). The highest BCUT2D eigenvalue weighted by Crippen LogP contribution is 2.34. The van der Waals surface area contributed by atoms with Crippen molar-refractivity contribution in [1.82, 2.24) is 15.1 Å². The van der Waals surface area contributed by atoms with Crippen LogP contribution in [-0.4, -0.2) is 34.9 Å². The topological polar surface area (TPSA) is 56.1 Å². The van der Waals surface area contributed by atoms with Crippen LogP contribution in [0.2, 0.25) is 5.02 Å². The van der Waals surface area contributed by atoms with E-state index in [4.69, 9.17) is 16.3 Å². The molecule has 1 heterocycles. The fourth-order valence-electron chi connectivity index (χ4n) is 2.84. The van der Waals surface area contributed by atoms with Gasteiger partial charge in [-0.25, -0.2) is 4.68 Å². The van der Waals surface area contributed by atoms with Crippen LogP contribution in [-0.2, 0) is 10.9 Å². The number of ether oxygens (including phenoxy) is 1. The molecule has 0 unspecified atom stereocenters. The maximum absolute atomic E-state index is 13.7. The highest BCUT2D eigenvalue weighted by molar-refractivity contribution is 6.30. The Hall–Kier alpha value is -2.06. The van der Waals surface area contributed by atoms with E-state index in [1.165, 1.54) is 18.2 Å².